The molecule has 0 N–H and O–H groups in total. The first kappa shape index (κ1) is 28.9. The van der Waals surface area contributed by atoms with Crippen LogP contribution in [0.5, 0.6) is 0 Å². The highest BCUT2D eigenvalue weighted by molar-refractivity contribution is 5.86. The maximum Gasteiger partial charge on any atom is 0.303 e. The Balaban J connectivity index is 1.44. The van der Waals surface area contributed by atoms with Crippen molar-refractivity contribution in [1.29, 1.82) is 0 Å². The van der Waals surface area contributed by atoms with Gasteiger partial charge in [-0.25, -0.2) is 0 Å². The Morgan fingerprint density at radius 2 is 1.56 bits per heavy atom. The highest BCUT2D eigenvalue weighted by Crippen LogP contribution is 2.88. The van der Waals surface area contributed by atoms with Crippen LogP contribution >= 0.6 is 0 Å². The highest BCUT2D eigenvalue weighted by atomic mass is 16.5. The third-order valence-corrected chi connectivity index (χ3v) is 13.6. The third kappa shape index (κ3) is 3.94. The second kappa shape index (κ2) is 9.18. The minimum Gasteiger partial charge on any atom is -0.462 e. The van der Waals surface area contributed by atoms with Crippen molar-refractivity contribution in [3.8, 4) is 0 Å². The van der Waals surface area contributed by atoms with Gasteiger partial charge in [-0.1, -0.05) is 41.2 Å². The van der Waals surface area contributed by atoms with Gasteiger partial charge in [0.2, 0.25) is 0 Å². The Morgan fingerprint density at radius 1 is 0.923 bits per heavy atom. The second-order valence-electron chi connectivity index (χ2n) is 15.5. The number of carbonyl (C=O) groups is 3. The molecule has 5 fully saturated rings. The van der Waals surface area contributed by atoms with Gasteiger partial charge in [0, 0.05) is 31.6 Å². The van der Waals surface area contributed by atoms with Crippen LogP contribution in [-0.2, 0) is 23.9 Å². The van der Waals surface area contributed by atoms with Crippen LogP contribution in [-0.4, -0.2) is 29.9 Å². The summed E-state index contributed by atoms with van der Waals surface area (Å²) in [6.07, 6.45) is 10.1. The molecule has 0 aliphatic heterocycles. The molecule has 0 radical (unpaired) electrons. The average Bonchev–Trinajstić information content (AvgIpc) is 3.43. The molecule has 5 saturated carbocycles. The fourth-order valence-electron chi connectivity index (χ4n) is 11.8. The highest BCUT2D eigenvalue weighted by Gasteiger charge is 2.83. The van der Waals surface area contributed by atoms with E-state index in [1.54, 1.807) is 6.92 Å². The van der Waals surface area contributed by atoms with Crippen molar-refractivity contribution in [2.45, 2.75) is 132 Å². The van der Waals surface area contributed by atoms with Crippen molar-refractivity contribution in [3.63, 3.8) is 0 Å². The summed E-state index contributed by atoms with van der Waals surface area (Å²) in [7, 11) is 0. The van der Waals surface area contributed by atoms with Crippen molar-refractivity contribution < 1.29 is 23.9 Å². The Labute approximate surface area is 236 Å². The minimum atomic E-state index is -0.272. The summed E-state index contributed by atoms with van der Waals surface area (Å²) in [5.41, 5.74) is 1.51. The molecule has 0 unspecified atom stereocenters. The van der Waals surface area contributed by atoms with Gasteiger partial charge in [0.1, 0.15) is 18.0 Å². The number of fused-ring (bicyclic) bond motifs is 2. The number of ketones is 1. The fourth-order valence-corrected chi connectivity index (χ4v) is 11.8. The Morgan fingerprint density at radius 3 is 2.18 bits per heavy atom. The van der Waals surface area contributed by atoms with E-state index in [9.17, 15) is 14.4 Å². The molecule has 0 amide bonds. The van der Waals surface area contributed by atoms with Crippen LogP contribution in [0.4, 0.5) is 0 Å². The topological polar surface area (TPSA) is 69.7 Å². The maximum atomic E-state index is 13.0. The number of esters is 2. The van der Waals surface area contributed by atoms with E-state index in [2.05, 4.69) is 41.2 Å². The first-order valence-corrected chi connectivity index (χ1v) is 15.6. The lowest BCUT2D eigenvalue weighted by molar-refractivity contribution is -0.158. The summed E-state index contributed by atoms with van der Waals surface area (Å²) >= 11 is 0. The molecule has 0 heterocycles. The van der Waals surface area contributed by atoms with Crippen molar-refractivity contribution in [2.75, 3.05) is 0 Å². The van der Waals surface area contributed by atoms with Gasteiger partial charge < -0.3 is 9.47 Å². The maximum absolute atomic E-state index is 13.0. The second-order valence-corrected chi connectivity index (χ2v) is 15.5. The quantitative estimate of drug-likeness (QED) is 0.248. The Kier molecular flexibility index (Phi) is 6.79. The summed E-state index contributed by atoms with van der Waals surface area (Å²) < 4.78 is 11.8. The molecular weight excluding hydrogens is 488 g/mol. The summed E-state index contributed by atoms with van der Waals surface area (Å²) in [6.45, 7) is 20.8. The molecule has 39 heavy (non-hydrogen) atoms. The number of ether oxygens (including phenoxy) is 2. The van der Waals surface area contributed by atoms with E-state index >= 15 is 0 Å². The van der Waals surface area contributed by atoms with Crippen LogP contribution in [0.25, 0.3) is 0 Å². The van der Waals surface area contributed by atoms with Crippen LogP contribution in [0.3, 0.4) is 0 Å². The number of carbonyl (C=O) groups excluding carboxylic acids is 3. The number of Topliss-reactive ketones (excluding diaryl/α,β-unsaturated/α-hetero) is 1. The van der Waals surface area contributed by atoms with Gasteiger partial charge in [-0.15, -0.1) is 0 Å². The number of hydrogen-bond acceptors (Lipinski definition) is 5. The van der Waals surface area contributed by atoms with Crippen LogP contribution in [0.1, 0.15) is 120 Å². The molecule has 0 saturated heterocycles. The van der Waals surface area contributed by atoms with Gasteiger partial charge >= 0.3 is 11.9 Å². The first-order chi connectivity index (χ1) is 18.1. The molecule has 5 heteroatoms. The van der Waals surface area contributed by atoms with E-state index in [4.69, 9.17) is 9.47 Å². The molecule has 5 aliphatic carbocycles. The van der Waals surface area contributed by atoms with E-state index in [-0.39, 0.29) is 46.3 Å². The Bertz CT molecular complexity index is 1080. The molecule has 2 spiro atoms. The lowest BCUT2D eigenvalue weighted by atomic mass is 9.42. The van der Waals surface area contributed by atoms with Crippen molar-refractivity contribution in [3.05, 3.63) is 12.2 Å². The third-order valence-electron chi connectivity index (χ3n) is 13.6. The van der Waals surface area contributed by atoms with Gasteiger partial charge in [0.05, 0.1) is 0 Å². The van der Waals surface area contributed by atoms with E-state index in [1.807, 2.05) is 6.92 Å². The molecule has 5 nitrogen and oxygen atoms in total. The number of rotatable bonds is 7. The minimum absolute atomic E-state index is 0.0687. The summed E-state index contributed by atoms with van der Waals surface area (Å²) in [4.78, 5) is 37.1. The molecule has 0 aromatic rings. The molecule has 5 rings (SSSR count). The summed E-state index contributed by atoms with van der Waals surface area (Å²) in [6, 6.07) is 0. The zero-order valence-corrected chi connectivity index (χ0v) is 25.8. The molecule has 5 aliphatic rings. The zero-order valence-electron chi connectivity index (χ0n) is 25.8. The van der Waals surface area contributed by atoms with Gasteiger partial charge in [-0.3, -0.25) is 14.4 Å². The largest absolute Gasteiger partial charge is 0.462 e. The fraction of sp³-hybridized carbons (Fsp3) is 0.853. The van der Waals surface area contributed by atoms with Crippen molar-refractivity contribution in [1.82, 2.24) is 0 Å². The monoisotopic (exact) mass is 540 g/mol. The summed E-state index contributed by atoms with van der Waals surface area (Å²) in [5, 5.41) is 0. The lowest BCUT2D eigenvalue weighted by Gasteiger charge is -2.62. The van der Waals surface area contributed by atoms with Crippen LogP contribution in [0.15, 0.2) is 12.2 Å². The van der Waals surface area contributed by atoms with Gasteiger partial charge in [0.25, 0.3) is 0 Å². The van der Waals surface area contributed by atoms with Crippen molar-refractivity contribution >= 4 is 17.7 Å². The van der Waals surface area contributed by atoms with Crippen LogP contribution in [0, 0.1) is 50.7 Å². The lowest BCUT2D eigenvalue weighted by Crippen LogP contribution is -2.57. The van der Waals surface area contributed by atoms with Crippen LogP contribution in [0.2, 0.25) is 0 Å². The zero-order chi connectivity index (χ0) is 28.8. The Hall–Kier alpha value is -1.65. The smallest absolute Gasteiger partial charge is 0.303 e. The molecule has 10 atom stereocenters. The predicted molar refractivity (Wildman–Crippen MR) is 152 cm³/mol. The molecular formula is C34H52O5. The van der Waals surface area contributed by atoms with E-state index < -0.39 is 0 Å². The summed E-state index contributed by atoms with van der Waals surface area (Å²) in [5.74, 6) is 1.73. The first-order valence-electron chi connectivity index (χ1n) is 15.6. The average molecular weight is 541 g/mol. The molecule has 218 valence electrons. The van der Waals surface area contributed by atoms with Gasteiger partial charge in [-0.2, -0.15) is 0 Å². The van der Waals surface area contributed by atoms with Gasteiger partial charge in [0.15, 0.2) is 0 Å². The normalized spacial score (nSPS) is 45.1. The SMILES string of the molecule is C=C(C)[C@@H](CC[C@@H](C)[C@H]1[C@@H](OC(C)=O)C[C@@]2(C)[C@@H]3CC[C@H]4C(C)(C)C(=O)CC[C@@]45C[C@@]35CC[C@]12C)OC(C)=O. The van der Waals surface area contributed by atoms with E-state index in [0.717, 1.165) is 50.5 Å². The van der Waals surface area contributed by atoms with E-state index in [0.29, 0.717) is 34.4 Å². The molecule has 0 aromatic heterocycles. The van der Waals surface area contributed by atoms with E-state index in [1.165, 1.54) is 26.2 Å². The van der Waals surface area contributed by atoms with Crippen LogP contribution < -0.4 is 0 Å². The molecule has 0 aromatic carbocycles. The standard InChI is InChI=1S/C34H52O5/c1-20(2)24(38-22(4)35)11-10-21(3)29-25(39-23(5)36)18-32(9)27-13-12-26-30(6,7)28(37)14-15-33(26)19-34(27,33)17-16-31(29,32)8/h21,24-27,29H,1,10-19H2,2-9H3/t21-,24-,25+,26+,27+,29+,31-,32+,33-,34+/m1/s1. The predicted octanol–water partition coefficient (Wildman–Crippen LogP) is 7.46. The van der Waals surface area contributed by atoms with Gasteiger partial charge in [-0.05, 0) is 110 Å². The van der Waals surface area contributed by atoms with Crippen molar-refractivity contribution in [2.24, 2.45) is 50.7 Å². The molecule has 0 bridgehead atoms. The number of hydrogen-bond donors (Lipinski definition) is 0.